The molecular formula is C17H21NO. The molecule has 100 valence electrons. The van der Waals surface area contributed by atoms with Crippen LogP contribution >= 0.6 is 0 Å². The van der Waals surface area contributed by atoms with Crippen molar-refractivity contribution in [3.63, 3.8) is 0 Å². The minimum Gasteiger partial charge on any atom is -0.493 e. The van der Waals surface area contributed by atoms with Gasteiger partial charge < -0.3 is 10.5 Å². The molecule has 0 amide bonds. The van der Waals surface area contributed by atoms with Crippen molar-refractivity contribution in [3.8, 4) is 5.75 Å². The van der Waals surface area contributed by atoms with Crippen LogP contribution in [-0.2, 0) is 5.54 Å². The first kappa shape index (κ1) is 13.6. The molecule has 0 saturated heterocycles. The lowest BCUT2D eigenvalue weighted by Gasteiger charge is -2.28. The molecule has 0 aromatic heterocycles. The Labute approximate surface area is 115 Å². The molecule has 1 unspecified atom stereocenters. The van der Waals surface area contributed by atoms with Gasteiger partial charge in [-0.2, -0.15) is 0 Å². The fourth-order valence-corrected chi connectivity index (χ4v) is 2.17. The highest BCUT2D eigenvalue weighted by molar-refractivity contribution is 5.45. The van der Waals surface area contributed by atoms with Crippen LogP contribution in [0.1, 0.15) is 31.4 Å². The molecule has 2 N–H and O–H groups in total. The first-order valence-electron chi connectivity index (χ1n) is 6.73. The summed E-state index contributed by atoms with van der Waals surface area (Å²) < 4.78 is 5.81. The number of benzene rings is 2. The standard InChI is InChI=1S/C17H21NO/c1-3-13-19-16-12-8-7-11-15(16)17(2,18)14-9-5-4-6-10-14/h4-12H,3,13,18H2,1-2H3. The van der Waals surface area contributed by atoms with Gasteiger partial charge in [0.1, 0.15) is 5.75 Å². The summed E-state index contributed by atoms with van der Waals surface area (Å²) in [5.74, 6) is 0.873. The van der Waals surface area contributed by atoms with Crippen LogP contribution in [0.2, 0.25) is 0 Å². The fourth-order valence-electron chi connectivity index (χ4n) is 2.17. The van der Waals surface area contributed by atoms with E-state index in [2.05, 4.69) is 19.1 Å². The third-order valence-corrected chi connectivity index (χ3v) is 3.28. The maximum absolute atomic E-state index is 6.55. The van der Waals surface area contributed by atoms with E-state index in [1.54, 1.807) is 0 Å². The van der Waals surface area contributed by atoms with Gasteiger partial charge in [0.2, 0.25) is 0 Å². The number of ether oxygens (including phenoxy) is 1. The maximum Gasteiger partial charge on any atom is 0.124 e. The van der Waals surface area contributed by atoms with Crippen LogP contribution in [0.4, 0.5) is 0 Å². The monoisotopic (exact) mass is 255 g/mol. The normalized spacial score (nSPS) is 13.8. The van der Waals surface area contributed by atoms with Gasteiger partial charge in [-0.1, -0.05) is 55.5 Å². The van der Waals surface area contributed by atoms with Crippen LogP contribution in [0.5, 0.6) is 5.75 Å². The van der Waals surface area contributed by atoms with Crippen LogP contribution in [0, 0.1) is 0 Å². The minimum absolute atomic E-state index is 0.550. The minimum atomic E-state index is -0.550. The van der Waals surface area contributed by atoms with Gasteiger partial charge in [-0.25, -0.2) is 0 Å². The van der Waals surface area contributed by atoms with Crippen molar-refractivity contribution in [2.45, 2.75) is 25.8 Å². The molecular weight excluding hydrogens is 234 g/mol. The molecule has 0 aliphatic rings. The summed E-state index contributed by atoms with van der Waals surface area (Å²) in [5.41, 5.74) is 8.11. The number of rotatable bonds is 5. The Bertz CT molecular complexity index is 520. The van der Waals surface area contributed by atoms with Crippen molar-refractivity contribution in [1.29, 1.82) is 0 Å². The quantitative estimate of drug-likeness (QED) is 0.884. The molecule has 0 heterocycles. The molecule has 2 heteroatoms. The Morgan fingerprint density at radius 3 is 2.32 bits per heavy atom. The van der Waals surface area contributed by atoms with E-state index in [0.29, 0.717) is 6.61 Å². The zero-order valence-electron chi connectivity index (χ0n) is 11.6. The SMILES string of the molecule is CCCOc1ccccc1C(C)(N)c1ccccc1. The molecule has 1 atom stereocenters. The predicted octanol–water partition coefficient (Wildman–Crippen LogP) is 3.70. The second-order valence-electron chi connectivity index (χ2n) is 4.91. The molecule has 2 nitrogen and oxygen atoms in total. The topological polar surface area (TPSA) is 35.2 Å². The zero-order valence-corrected chi connectivity index (χ0v) is 11.6. The number of hydrogen-bond acceptors (Lipinski definition) is 2. The molecule has 19 heavy (non-hydrogen) atoms. The number of nitrogens with two attached hydrogens (primary N) is 1. The van der Waals surface area contributed by atoms with E-state index in [4.69, 9.17) is 10.5 Å². The van der Waals surface area contributed by atoms with Gasteiger partial charge in [0.05, 0.1) is 12.1 Å². The van der Waals surface area contributed by atoms with Crippen LogP contribution < -0.4 is 10.5 Å². The van der Waals surface area contributed by atoms with E-state index < -0.39 is 5.54 Å². The average Bonchev–Trinajstić information content (AvgIpc) is 2.46. The van der Waals surface area contributed by atoms with Gasteiger partial charge in [-0.15, -0.1) is 0 Å². The summed E-state index contributed by atoms with van der Waals surface area (Å²) in [6, 6.07) is 18.1. The molecule has 2 aromatic rings. The van der Waals surface area contributed by atoms with Crippen LogP contribution in [0.15, 0.2) is 54.6 Å². The first-order chi connectivity index (χ1) is 9.16. The van der Waals surface area contributed by atoms with Gasteiger partial charge in [-0.05, 0) is 25.0 Å². The Morgan fingerprint density at radius 1 is 1.00 bits per heavy atom. The lowest BCUT2D eigenvalue weighted by Crippen LogP contribution is -2.34. The number of hydrogen-bond donors (Lipinski definition) is 1. The predicted molar refractivity (Wildman–Crippen MR) is 79.3 cm³/mol. The lowest BCUT2D eigenvalue weighted by molar-refractivity contribution is 0.309. The molecule has 0 fully saturated rings. The van der Waals surface area contributed by atoms with Gasteiger partial charge in [0.25, 0.3) is 0 Å². The van der Waals surface area contributed by atoms with E-state index in [0.717, 1.165) is 23.3 Å². The zero-order chi connectivity index (χ0) is 13.7. The highest BCUT2D eigenvalue weighted by Gasteiger charge is 2.26. The molecule has 0 bridgehead atoms. The summed E-state index contributed by atoms with van der Waals surface area (Å²) in [7, 11) is 0. The third-order valence-electron chi connectivity index (χ3n) is 3.28. The molecule has 0 spiro atoms. The van der Waals surface area contributed by atoms with E-state index in [1.807, 2.05) is 49.4 Å². The Kier molecular flexibility index (Phi) is 4.23. The van der Waals surface area contributed by atoms with E-state index in [1.165, 1.54) is 0 Å². The van der Waals surface area contributed by atoms with Crippen LogP contribution in [0.3, 0.4) is 0 Å². The van der Waals surface area contributed by atoms with E-state index in [9.17, 15) is 0 Å². The van der Waals surface area contributed by atoms with Crippen LogP contribution in [0.25, 0.3) is 0 Å². The van der Waals surface area contributed by atoms with Crippen molar-refractivity contribution >= 4 is 0 Å². The summed E-state index contributed by atoms with van der Waals surface area (Å²) in [5, 5.41) is 0. The second-order valence-corrected chi connectivity index (χ2v) is 4.91. The summed E-state index contributed by atoms with van der Waals surface area (Å²) in [6.45, 7) is 4.83. The van der Waals surface area contributed by atoms with Crippen molar-refractivity contribution in [3.05, 3.63) is 65.7 Å². The van der Waals surface area contributed by atoms with E-state index in [-0.39, 0.29) is 0 Å². The third kappa shape index (κ3) is 2.96. The molecule has 0 aliphatic heterocycles. The highest BCUT2D eigenvalue weighted by Crippen LogP contribution is 2.33. The largest absolute Gasteiger partial charge is 0.493 e. The highest BCUT2D eigenvalue weighted by atomic mass is 16.5. The smallest absolute Gasteiger partial charge is 0.124 e. The van der Waals surface area contributed by atoms with Gasteiger partial charge >= 0.3 is 0 Å². The van der Waals surface area contributed by atoms with E-state index >= 15 is 0 Å². The second kappa shape index (κ2) is 5.89. The van der Waals surface area contributed by atoms with Crippen molar-refractivity contribution < 1.29 is 4.74 Å². The molecule has 0 saturated carbocycles. The summed E-state index contributed by atoms with van der Waals surface area (Å²) in [4.78, 5) is 0. The Balaban J connectivity index is 2.40. The Hall–Kier alpha value is -1.80. The van der Waals surface area contributed by atoms with Gasteiger partial charge in [0, 0.05) is 5.56 Å². The Morgan fingerprint density at radius 2 is 1.63 bits per heavy atom. The van der Waals surface area contributed by atoms with Gasteiger partial charge in [0.15, 0.2) is 0 Å². The van der Waals surface area contributed by atoms with Crippen molar-refractivity contribution in [2.24, 2.45) is 5.73 Å². The summed E-state index contributed by atoms with van der Waals surface area (Å²) in [6.07, 6.45) is 0.987. The van der Waals surface area contributed by atoms with Crippen molar-refractivity contribution in [1.82, 2.24) is 0 Å². The molecule has 0 aliphatic carbocycles. The van der Waals surface area contributed by atoms with Crippen molar-refractivity contribution in [2.75, 3.05) is 6.61 Å². The van der Waals surface area contributed by atoms with Crippen LogP contribution in [-0.4, -0.2) is 6.61 Å². The molecule has 2 rings (SSSR count). The first-order valence-corrected chi connectivity index (χ1v) is 6.73. The molecule has 0 radical (unpaired) electrons. The van der Waals surface area contributed by atoms with Gasteiger partial charge in [-0.3, -0.25) is 0 Å². The average molecular weight is 255 g/mol. The fraction of sp³-hybridized carbons (Fsp3) is 0.294. The summed E-state index contributed by atoms with van der Waals surface area (Å²) >= 11 is 0. The number of para-hydroxylation sites is 1. The lowest BCUT2D eigenvalue weighted by atomic mass is 9.85. The maximum atomic E-state index is 6.55. The molecule has 2 aromatic carbocycles.